The van der Waals surface area contributed by atoms with Crippen molar-refractivity contribution >= 4 is 23.0 Å². The summed E-state index contributed by atoms with van der Waals surface area (Å²) in [5.41, 5.74) is 1.67. The van der Waals surface area contributed by atoms with Crippen LogP contribution in [0, 0.1) is 0 Å². The topological polar surface area (TPSA) is 126 Å². The van der Waals surface area contributed by atoms with Crippen LogP contribution in [0.3, 0.4) is 0 Å². The molecule has 25 heavy (non-hydrogen) atoms. The Bertz CT molecular complexity index is 931. The molecular formula is C17H15N3O5. The number of nitrogens with zero attached hydrogens (tertiary/aromatic N) is 3. The first-order valence-electron chi connectivity index (χ1n) is 7.59. The van der Waals surface area contributed by atoms with E-state index in [9.17, 15) is 19.8 Å². The van der Waals surface area contributed by atoms with E-state index >= 15 is 0 Å². The van der Waals surface area contributed by atoms with E-state index in [2.05, 4.69) is 10.2 Å². The zero-order valence-corrected chi connectivity index (χ0v) is 13.1. The van der Waals surface area contributed by atoms with Crippen LogP contribution in [0.15, 0.2) is 36.4 Å². The number of carboxylic acid groups (broad SMARTS) is 2. The quantitative estimate of drug-likeness (QED) is 0.627. The molecule has 0 saturated heterocycles. The highest BCUT2D eigenvalue weighted by molar-refractivity contribution is 5.89. The highest BCUT2D eigenvalue weighted by Gasteiger charge is 2.17. The third-order valence-corrected chi connectivity index (χ3v) is 3.75. The Kier molecular flexibility index (Phi) is 4.34. The number of aromatic nitrogens is 3. The van der Waals surface area contributed by atoms with Gasteiger partial charge >= 0.3 is 11.9 Å². The number of aliphatic carboxylic acids is 1. The Morgan fingerprint density at radius 1 is 1.04 bits per heavy atom. The molecule has 0 atom stereocenters. The van der Waals surface area contributed by atoms with Gasteiger partial charge < -0.3 is 15.3 Å². The van der Waals surface area contributed by atoms with E-state index < -0.39 is 11.9 Å². The molecule has 3 aromatic rings. The summed E-state index contributed by atoms with van der Waals surface area (Å²) in [4.78, 5) is 23.2. The zero-order chi connectivity index (χ0) is 18.0. The van der Waals surface area contributed by atoms with Crippen LogP contribution in [0.1, 0.15) is 28.8 Å². The van der Waals surface area contributed by atoms with Gasteiger partial charge in [-0.25, -0.2) is 4.79 Å². The fourth-order valence-corrected chi connectivity index (χ4v) is 2.54. The number of rotatable bonds is 6. The highest BCUT2D eigenvalue weighted by atomic mass is 16.4. The number of hydrogen-bond acceptors (Lipinski definition) is 5. The largest absolute Gasteiger partial charge is 0.505 e. The standard InChI is InChI=1S/C17H15N3O5/c21-15(22)7-3-4-10-8-11(17(24)25)9-14(16(10)23)20-18-12-5-1-2-6-13(12)19-20/h1-2,5-6,8-9,23H,3-4,7H2,(H,21,22)(H,24,25). The van der Waals surface area contributed by atoms with Crippen LogP contribution >= 0.6 is 0 Å². The van der Waals surface area contributed by atoms with Crippen LogP contribution in [0.4, 0.5) is 0 Å². The molecule has 0 saturated carbocycles. The number of benzene rings is 2. The minimum Gasteiger partial charge on any atom is -0.505 e. The normalized spacial score (nSPS) is 10.9. The zero-order valence-electron chi connectivity index (χ0n) is 13.1. The van der Waals surface area contributed by atoms with Gasteiger partial charge in [-0.15, -0.1) is 15.0 Å². The highest BCUT2D eigenvalue weighted by Crippen LogP contribution is 2.29. The van der Waals surface area contributed by atoms with Gasteiger partial charge in [-0.05, 0) is 42.7 Å². The third kappa shape index (κ3) is 3.42. The molecule has 0 spiro atoms. The summed E-state index contributed by atoms with van der Waals surface area (Å²) in [6, 6.07) is 9.73. The van der Waals surface area contributed by atoms with Gasteiger partial charge in [-0.1, -0.05) is 12.1 Å². The predicted octanol–water partition coefficient (Wildman–Crippen LogP) is 2.23. The monoisotopic (exact) mass is 341 g/mol. The summed E-state index contributed by atoms with van der Waals surface area (Å²) in [5, 5.41) is 37.0. The Morgan fingerprint density at radius 2 is 1.68 bits per heavy atom. The molecule has 8 nitrogen and oxygen atoms in total. The molecule has 0 amide bonds. The number of aromatic hydroxyl groups is 1. The lowest BCUT2D eigenvalue weighted by molar-refractivity contribution is -0.137. The van der Waals surface area contributed by atoms with Crippen molar-refractivity contribution in [3.05, 3.63) is 47.5 Å². The van der Waals surface area contributed by atoms with Gasteiger partial charge in [0, 0.05) is 6.42 Å². The Morgan fingerprint density at radius 3 is 2.24 bits per heavy atom. The fraction of sp³-hybridized carbons (Fsp3) is 0.176. The molecule has 0 radical (unpaired) electrons. The molecule has 0 fully saturated rings. The Labute approximate surface area is 141 Å². The molecule has 3 N–H and O–H groups in total. The Hall–Kier alpha value is -3.42. The molecular weight excluding hydrogens is 326 g/mol. The molecule has 3 rings (SSSR count). The summed E-state index contributed by atoms with van der Waals surface area (Å²) >= 11 is 0. The van der Waals surface area contributed by atoms with Crippen molar-refractivity contribution in [1.29, 1.82) is 0 Å². The van der Waals surface area contributed by atoms with Crippen LogP contribution in [-0.4, -0.2) is 42.3 Å². The number of phenols is 1. The molecule has 128 valence electrons. The molecule has 0 aliphatic heterocycles. The Balaban J connectivity index is 2.06. The van der Waals surface area contributed by atoms with Crippen molar-refractivity contribution in [2.75, 3.05) is 0 Å². The number of hydrogen-bond donors (Lipinski definition) is 3. The van der Waals surface area contributed by atoms with Crippen molar-refractivity contribution in [1.82, 2.24) is 15.0 Å². The lowest BCUT2D eigenvalue weighted by Crippen LogP contribution is -2.06. The average Bonchev–Trinajstić information content (AvgIpc) is 2.99. The minimum atomic E-state index is -1.16. The van der Waals surface area contributed by atoms with E-state index in [-0.39, 0.29) is 36.3 Å². The molecule has 2 aromatic carbocycles. The first-order valence-corrected chi connectivity index (χ1v) is 7.59. The van der Waals surface area contributed by atoms with Gasteiger partial charge in [0.25, 0.3) is 0 Å². The minimum absolute atomic E-state index is 0.0283. The SMILES string of the molecule is O=C(O)CCCc1cc(C(=O)O)cc(-n2nc3ccccc3n2)c1O. The molecule has 1 aromatic heterocycles. The second-order valence-corrected chi connectivity index (χ2v) is 5.53. The number of aromatic carboxylic acids is 1. The van der Waals surface area contributed by atoms with Gasteiger partial charge in [-0.3, -0.25) is 4.79 Å². The van der Waals surface area contributed by atoms with Gasteiger partial charge in [0.05, 0.1) is 5.56 Å². The van der Waals surface area contributed by atoms with E-state index in [0.717, 1.165) is 0 Å². The van der Waals surface area contributed by atoms with Crippen LogP contribution < -0.4 is 0 Å². The third-order valence-electron chi connectivity index (χ3n) is 3.75. The lowest BCUT2D eigenvalue weighted by atomic mass is 10.0. The van der Waals surface area contributed by atoms with Crippen LogP contribution in [0.2, 0.25) is 0 Å². The molecule has 0 bridgehead atoms. The van der Waals surface area contributed by atoms with Crippen molar-refractivity contribution in [3.8, 4) is 11.4 Å². The number of aryl methyl sites for hydroxylation is 1. The van der Waals surface area contributed by atoms with Gasteiger partial charge in [0.15, 0.2) is 0 Å². The molecule has 8 heteroatoms. The van der Waals surface area contributed by atoms with E-state index in [1.54, 1.807) is 24.3 Å². The lowest BCUT2D eigenvalue weighted by Gasteiger charge is -2.10. The van der Waals surface area contributed by atoms with E-state index in [1.165, 1.54) is 16.9 Å². The predicted molar refractivity (Wildman–Crippen MR) is 88.1 cm³/mol. The maximum Gasteiger partial charge on any atom is 0.335 e. The average molecular weight is 341 g/mol. The van der Waals surface area contributed by atoms with E-state index in [0.29, 0.717) is 16.6 Å². The van der Waals surface area contributed by atoms with Crippen molar-refractivity contribution in [3.63, 3.8) is 0 Å². The number of phenolic OH excluding ortho intramolecular Hbond substituents is 1. The maximum absolute atomic E-state index is 11.4. The smallest absolute Gasteiger partial charge is 0.335 e. The van der Waals surface area contributed by atoms with Gasteiger partial charge in [0.2, 0.25) is 0 Å². The number of fused-ring (bicyclic) bond motifs is 1. The number of carboxylic acids is 2. The van der Waals surface area contributed by atoms with Crippen LogP contribution in [0.25, 0.3) is 16.7 Å². The van der Waals surface area contributed by atoms with Crippen molar-refractivity contribution in [2.45, 2.75) is 19.3 Å². The molecule has 0 unspecified atom stereocenters. The second kappa shape index (κ2) is 6.60. The van der Waals surface area contributed by atoms with Gasteiger partial charge in [-0.2, -0.15) is 0 Å². The summed E-state index contributed by atoms with van der Waals surface area (Å²) in [7, 11) is 0. The van der Waals surface area contributed by atoms with Crippen LogP contribution in [-0.2, 0) is 11.2 Å². The maximum atomic E-state index is 11.4. The van der Waals surface area contributed by atoms with Gasteiger partial charge in [0.1, 0.15) is 22.5 Å². The van der Waals surface area contributed by atoms with Crippen molar-refractivity contribution in [2.24, 2.45) is 0 Å². The summed E-state index contributed by atoms with van der Waals surface area (Å²) < 4.78 is 0. The first kappa shape index (κ1) is 16.4. The van der Waals surface area contributed by atoms with E-state index in [1.807, 2.05) is 0 Å². The summed E-state index contributed by atoms with van der Waals surface area (Å²) in [5.74, 6) is -2.26. The first-order chi connectivity index (χ1) is 12.0. The molecule has 1 heterocycles. The van der Waals surface area contributed by atoms with Crippen molar-refractivity contribution < 1.29 is 24.9 Å². The molecule has 0 aliphatic carbocycles. The van der Waals surface area contributed by atoms with E-state index in [4.69, 9.17) is 5.11 Å². The molecule has 0 aliphatic rings. The second-order valence-electron chi connectivity index (χ2n) is 5.53. The summed E-state index contributed by atoms with van der Waals surface area (Å²) in [6.07, 6.45) is 0.433. The fourth-order valence-electron chi connectivity index (χ4n) is 2.54. The summed E-state index contributed by atoms with van der Waals surface area (Å²) in [6.45, 7) is 0. The number of carbonyl (C=O) groups is 2. The van der Waals surface area contributed by atoms with Crippen LogP contribution in [0.5, 0.6) is 5.75 Å².